The Hall–Kier alpha value is -0.600. The summed E-state index contributed by atoms with van der Waals surface area (Å²) in [6, 6.07) is 4.31. The van der Waals surface area contributed by atoms with Crippen LogP contribution in [0.4, 0.5) is 4.39 Å². The van der Waals surface area contributed by atoms with Crippen molar-refractivity contribution in [2.75, 3.05) is 6.61 Å². The summed E-state index contributed by atoms with van der Waals surface area (Å²) in [5, 5.41) is 0.578. The van der Waals surface area contributed by atoms with Gasteiger partial charge in [0, 0.05) is 10.6 Å². The highest BCUT2D eigenvalue weighted by Gasteiger charge is 2.27. The molecule has 1 nitrogen and oxygen atoms in total. The van der Waals surface area contributed by atoms with E-state index in [9.17, 15) is 4.39 Å². The Morgan fingerprint density at radius 2 is 2.27 bits per heavy atom. The van der Waals surface area contributed by atoms with Crippen LogP contribution in [0.15, 0.2) is 18.2 Å². The highest BCUT2D eigenvalue weighted by Crippen LogP contribution is 2.34. The Labute approximate surface area is 68.7 Å². The summed E-state index contributed by atoms with van der Waals surface area (Å²) >= 11 is 5.78. The predicted octanol–water partition coefficient (Wildman–Crippen LogP) is 2.55. The molecule has 11 heavy (non-hydrogen) atoms. The lowest BCUT2D eigenvalue weighted by Gasteiger charge is -1.98. The molecule has 0 saturated carbocycles. The summed E-state index contributed by atoms with van der Waals surface area (Å²) in [6.07, 6.45) is 0.0261. The highest BCUT2D eigenvalue weighted by molar-refractivity contribution is 6.31. The maximum atomic E-state index is 12.6. The number of benzene rings is 1. The average molecular weight is 173 g/mol. The van der Waals surface area contributed by atoms with Crippen LogP contribution in [0.3, 0.4) is 0 Å². The Bertz CT molecular complexity index is 283. The van der Waals surface area contributed by atoms with E-state index >= 15 is 0 Å². The Balaban J connectivity index is 2.42. The average Bonchev–Trinajstić information content (AvgIpc) is 2.76. The molecular formula is C8H6ClFO. The lowest BCUT2D eigenvalue weighted by Crippen LogP contribution is -1.84. The van der Waals surface area contributed by atoms with Crippen molar-refractivity contribution in [3.05, 3.63) is 34.6 Å². The van der Waals surface area contributed by atoms with Crippen molar-refractivity contribution in [3.8, 4) is 0 Å². The van der Waals surface area contributed by atoms with Crippen molar-refractivity contribution in [1.29, 1.82) is 0 Å². The van der Waals surface area contributed by atoms with Crippen LogP contribution in [0.2, 0.25) is 5.02 Å². The first kappa shape index (κ1) is 7.07. The summed E-state index contributed by atoms with van der Waals surface area (Å²) in [4.78, 5) is 0. The van der Waals surface area contributed by atoms with E-state index in [2.05, 4.69) is 0 Å². The standard InChI is InChI=1S/C8H6ClFO/c9-7-2-1-5(10)3-6(7)8-4-11-8/h1-3,8H,4H2/t8-/m1/s1. The van der Waals surface area contributed by atoms with Gasteiger partial charge in [-0.1, -0.05) is 11.6 Å². The number of epoxide rings is 1. The molecule has 3 heteroatoms. The lowest BCUT2D eigenvalue weighted by molar-refractivity contribution is 0.415. The van der Waals surface area contributed by atoms with E-state index < -0.39 is 0 Å². The third-order valence-corrected chi connectivity index (χ3v) is 1.98. The van der Waals surface area contributed by atoms with Crippen molar-refractivity contribution < 1.29 is 9.13 Å². The van der Waals surface area contributed by atoms with Crippen LogP contribution in [0.1, 0.15) is 11.7 Å². The zero-order valence-corrected chi connectivity index (χ0v) is 6.44. The second kappa shape index (κ2) is 2.47. The van der Waals surface area contributed by atoms with E-state index in [0.29, 0.717) is 11.6 Å². The van der Waals surface area contributed by atoms with Gasteiger partial charge in [0.25, 0.3) is 0 Å². The van der Waals surface area contributed by atoms with Crippen molar-refractivity contribution >= 4 is 11.6 Å². The normalized spacial score (nSPS) is 21.8. The molecule has 58 valence electrons. The number of hydrogen-bond acceptors (Lipinski definition) is 1. The van der Waals surface area contributed by atoms with Crippen LogP contribution in [0, 0.1) is 5.82 Å². The van der Waals surface area contributed by atoms with Gasteiger partial charge in [-0.2, -0.15) is 0 Å². The molecule has 0 spiro atoms. The third-order valence-electron chi connectivity index (χ3n) is 1.64. The number of rotatable bonds is 1. The molecule has 0 radical (unpaired) electrons. The lowest BCUT2D eigenvalue weighted by atomic mass is 10.1. The molecule has 0 N–H and O–H groups in total. The molecular weight excluding hydrogens is 167 g/mol. The van der Waals surface area contributed by atoms with E-state index in [1.807, 2.05) is 0 Å². The zero-order chi connectivity index (χ0) is 7.84. The van der Waals surface area contributed by atoms with Gasteiger partial charge in [0.05, 0.1) is 6.61 Å². The van der Waals surface area contributed by atoms with Gasteiger partial charge >= 0.3 is 0 Å². The van der Waals surface area contributed by atoms with Gasteiger partial charge in [-0.05, 0) is 18.2 Å². The molecule has 1 aromatic carbocycles. The molecule has 1 aliphatic rings. The van der Waals surface area contributed by atoms with Crippen LogP contribution < -0.4 is 0 Å². The second-order valence-electron chi connectivity index (χ2n) is 2.49. The maximum absolute atomic E-state index is 12.6. The minimum Gasteiger partial charge on any atom is -0.368 e. The molecule has 0 aromatic heterocycles. The van der Waals surface area contributed by atoms with Crippen molar-refractivity contribution in [2.45, 2.75) is 6.10 Å². The second-order valence-corrected chi connectivity index (χ2v) is 2.90. The van der Waals surface area contributed by atoms with Crippen LogP contribution in [-0.4, -0.2) is 6.61 Å². The fraction of sp³-hybridized carbons (Fsp3) is 0.250. The first-order valence-electron chi connectivity index (χ1n) is 3.34. The number of ether oxygens (including phenoxy) is 1. The van der Waals surface area contributed by atoms with Crippen LogP contribution >= 0.6 is 11.6 Å². The van der Waals surface area contributed by atoms with Gasteiger partial charge in [-0.25, -0.2) is 4.39 Å². The molecule has 1 aliphatic heterocycles. The van der Waals surface area contributed by atoms with Gasteiger partial charge in [0.2, 0.25) is 0 Å². The monoisotopic (exact) mass is 172 g/mol. The first-order chi connectivity index (χ1) is 5.27. The molecule has 1 atom stereocenters. The zero-order valence-electron chi connectivity index (χ0n) is 5.68. The molecule has 1 saturated heterocycles. The van der Waals surface area contributed by atoms with E-state index in [4.69, 9.17) is 16.3 Å². The van der Waals surface area contributed by atoms with E-state index in [0.717, 1.165) is 5.56 Å². The summed E-state index contributed by atoms with van der Waals surface area (Å²) < 4.78 is 17.6. The molecule has 0 bridgehead atoms. The minimum absolute atomic E-state index is 0.0261. The quantitative estimate of drug-likeness (QED) is 0.593. The fourth-order valence-electron chi connectivity index (χ4n) is 0.989. The Morgan fingerprint density at radius 3 is 2.91 bits per heavy atom. The topological polar surface area (TPSA) is 12.5 Å². The van der Waals surface area contributed by atoms with Crippen LogP contribution in [0.5, 0.6) is 0 Å². The van der Waals surface area contributed by atoms with Crippen molar-refractivity contribution in [3.63, 3.8) is 0 Å². The predicted molar refractivity (Wildman–Crippen MR) is 40.1 cm³/mol. The molecule has 1 heterocycles. The highest BCUT2D eigenvalue weighted by atomic mass is 35.5. The summed E-state index contributed by atoms with van der Waals surface area (Å²) in [5.41, 5.74) is 0.756. The van der Waals surface area contributed by atoms with Gasteiger partial charge in [-0.3, -0.25) is 0 Å². The first-order valence-corrected chi connectivity index (χ1v) is 3.72. The summed E-state index contributed by atoms with van der Waals surface area (Å²) in [7, 11) is 0. The minimum atomic E-state index is -0.264. The molecule has 2 rings (SSSR count). The molecule has 0 amide bonds. The van der Waals surface area contributed by atoms with Gasteiger partial charge in [-0.15, -0.1) is 0 Å². The Kier molecular flexibility index (Phi) is 1.59. The van der Waals surface area contributed by atoms with E-state index in [1.165, 1.54) is 12.1 Å². The number of hydrogen-bond donors (Lipinski definition) is 0. The van der Waals surface area contributed by atoms with Crippen LogP contribution in [0.25, 0.3) is 0 Å². The summed E-state index contributed by atoms with van der Waals surface area (Å²) in [6.45, 7) is 0.656. The largest absolute Gasteiger partial charge is 0.368 e. The molecule has 1 fully saturated rings. The Morgan fingerprint density at radius 1 is 1.55 bits per heavy atom. The third kappa shape index (κ3) is 1.37. The summed E-state index contributed by atoms with van der Waals surface area (Å²) in [5.74, 6) is -0.264. The fourth-order valence-corrected chi connectivity index (χ4v) is 1.23. The van der Waals surface area contributed by atoms with Gasteiger partial charge < -0.3 is 4.74 Å². The number of halogens is 2. The van der Waals surface area contributed by atoms with Gasteiger partial charge in [0.1, 0.15) is 11.9 Å². The van der Waals surface area contributed by atoms with E-state index in [1.54, 1.807) is 6.07 Å². The van der Waals surface area contributed by atoms with Gasteiger partial charge in [0.15, 0.2) is 0 Å². The molecule has 0 unspecified atom stereocenters. The van der Waals surface area contributed by atoms with E-state index in [-0.39, 0.29) is 11.9 Å². The van der Waals surface area contributed by atoms with Crippen molar-refractivity contribution in [2.24, 2.45) is 0 Å². The van der Waals surface area contributed by atoms with Crippen LogP contribution in [-0.2, 0) is 4.74 Å². The maximum Gasteiger partial charge on any atom is 0.123 e. The smallest absolute Gasteiger partial charge is 0.123 e. The molecule has 0 aliphatic carbocycles. The molecule has 1 aromatic rings. The van der Waals surface area contributed by atoms with Crippen molar-refractivity contribution in [1.82, 2.24) is 0 Å². The SMILES string of the molecule is Fc1ccc(Cl)c([C@H]2CO2)c1.